The Morgan fingerprint density at radius 3 is 2.44 bits per heavy atom. The Kier molecular flexibility index (Phi) is 3.89. The van der Waals surface area contributed by atoms with Gasteiger partial charge >= 0.3 is 0 Å². The molecular formula is C14H17NO2S. The average Bonchev–Trinajstić information content (AvgIpc) is 2.83. The Bertz CT molecular complexity index is 536. The third kappa shape index (κ3) is 2.35. The largest absolute Gasteiger partial charge is 0.497 e. The molecule has 0 bridgehead atoms. The summed E-state index contributed by atoms with van der Waals surface area (Å²) >= 11 is 1.70. The standard InChI is InChI=1S/C14H17NO2S/c1-9-11(6-7-18-9)14(15)12-8-10(16-2)4-5-13(12)17-3/h4-8,14H,15H2,1-3H3. The zero-order chi connectivity index (χ0) is 13.1. The Balaban J connectivity index is 2.45. The monoisotopic (exact) mass is 263 g/mol. The SMILES string of the molecule is COc1ccc(OC)c(C(N)c2ccsc2C)c1. The lowest BCUT2D eigenvalue weighted by molar-refractivity contribution is 0.397. The van der Waals surface area contributed by atoms with E-state index in [1.54, 1.807) is 25.6 Å². The molecule has 0 spiro atoms. The van der Waals surface area contributed by atoms with Gasteiger partial charge in [-0.15, -0.1) is 11.3 Å². The first kappa shape index (κ1) is 12.9. The van der Waals surface area contributed by atoms with Crippen LogP contribution >= 0.6 is 11.3 Å². The Labute approximate surface area is 111 Å². The number of ether oxygens (including phenoxy) is 2. The minimum atomic E-state index is -0.193. The molecule has 1 aromatic carbocycles. The molecule has 2 aromatic rings. The number of thiophene rings is 1. The molecule has 1 atom stereocenters. The molecular weight excluding hydrogens is 246 g/mol. The molecule has 0 saturated heterocycles. The van der Waals surface area contributed by atoms with Crippen LogP contribution in [-0.4, -0.2) is 14.2 Å². The first-order chi connectivity index (χ1) is 8.67. The minimum absolute atomic E-state index is 0.193. The van der Waals surface area contributed by atoms with Crippen LogP contribution in [-0.2, 0) is 0 Å². The molecule has 0 aliphatic carbocycles. The van der Waals surface area contributed by atoms with Crippen molar-refractivity contribution >= 4 is 11.3 Å². The number of methoxy groups -OCH3 is 2. The number of benzene rings is 1. The van der Waals surface area contributed by atoms with E-state index < -0.39 is 0 Å². The van der Waals surface area contributed by atoms with Gasteiger partial charge in [-0.3, -0.25) is 0 Å². The van der Waals surface area contributed by atoms with E-state index in [1.807, 2.05) is 18.2 Å². The smallest absolute Gasteiger partial charge is 0.124 e. The highest BCUT2D eigenvalue weighted by Crippen LogP contribution is 2.34. The highest BCUT2D eigenvalue weighted by molar-refractivity contribution is 7.10. The maximum absolute atomic E-state index is 6.33. The van der Waals surface area contributed by atoms with Gasteiger partial charge in [-0.25, -0.2) is 0 Å². The van der Waals surface area contributed by atoms with Gasteiger partial charge < -0.3 is 15.2 Å². The molecule has 0 saturated carbocycles. The number of hydrogen-bond acceptors (Lipinski definition) is 4. The predicted molar refractivity (Wildman–Crippen MR) is 74.6 cm³/mol. The van der Waals surface area contributed by atoms with Crippen molar-refractivity contribution in [2.45, 2.75) is 13.0 Å². The molecule has 96 valence electrons. The van der Waals surface area contributed by atoms with Crippen molar-refractivity contribution in [2.24, 2.45) is 5.73 Å². The lowest BCUT2D eigenvalue weighted by atomic mass is 9.99. The van der Waals surface area contributed by atoms with Crippen molar-refractivity contribution in [3.8, 4) is 11.5 Å². The van der Waals surface area contributed by atoms with Crippen LogP contribution in [0.25, 0.3) is 0 Å². The molecule has 18 heavy (non-hydrogen) atoms. The number of nitrogens with two attached hydrogens (primary N) is 1. The van der Waals surface area contributed by atoms with E-state index >= 15 is 0 Å². The highest BCUT2D eigenvalue weighted by Gasteiger charge is 2.17. The summed E-state index contributed by atoms with van der Waals surface area (Å²) in [5.74, 6) is 1.57. The van der Waals surface area contributed by atoms with Gasteiger partial charge in [0.05, 0.1) is 20.3 Å². The quantitative estimate of drug-likeness (QED) is 0.921. The molecule has 1 unspecified atom stereocenters. The van der Waals surface area contributed by atoms with E-state index in [0.29, 0.717) is 0 Å². The Hall–Kier alpha value is -1.52. The highest BCUT2D eigenvalue weighted by atomic mass is 32.1. The van der Waals surface area contributed by atoms with Gasteiger partial charge in [0.25, 0.3) is 0 Å². The summed E-state index contributed by atoms with van der Waals surface area (Å²) in [4.78, 5) is 1.23. The van der Waals surface area contributed by atoms with Crippen LogP contribution in [0.2, 0.25) is 0 Å². The second-order valence-electron chi connectivity index (χ2n) is 4.02. The summed E-state index contributed by atoms with van der Waals surface area (Å²) in [5, 5.41) is 2.05. The summed E-state index contributed by atoms with van der Waals surface area (Å²) < 4.78 is 10.6. The molecule has 3 nitrogen and oxygen atoms in total. The minimum Gasteiger partial charge on any atom is -0.497 e. The Morgan fingerprint density at radius 2 is 1.89 bits per heavy atom. The van der Waals surface area contributed by atoms with E-state index in [2.05, 4.69) is 18.4 Å². The summed E-state index contributed by atoms with van der Waals surface area (Å²) in [5.41, 5.74) is 8.41. The lowest BCUT2D eigenvalue weighted by Gasteiger charge is -2.17. The van der Waals surface area contributed by atoms with Crippen LogP contribution in [0.5, 0.6) is 11.5 Å². The van der Waals surface area contributed by atoms with E-state index in [-0.39, 0.29) is 6.04 Å². The zero-order valence-corrected chi connectivity index (χ0v) is 11.6. The van der Waals surface area contributed by atoms with Crippen molar-refractivity contribution in [3.63, 3.8) is 0 Å². The van der Waals surface area contributed by atoms with Crippen molar-refractivity contribution in [1.82, 2.24) is 0 Å². The van der Waals surface area contributed by atoms with Crippen molar-refractivity contribution in [1.29, 1.82) is 0 Å². The van der Waals surface area contributed by atoms with Crippen LogP contribution < -0.4 is 15.2 Å². The molecule has 1 aromatic heterocycles. The molecule has 0 aliphatic heterocycles. The lowest BCUT2D eigenvalue weighted by Crippen LogP contribution is -2.13. The van der Waals surface area contributed by atoms with Gasteiger partial charge in [-0.2, -0.15) is 0 Å². The third-order valence-corrected chi connectivity index (χ3v) is 3.87. The molecule has 0 aliphatic rings. The molecule has 0 amide bonds. The fourth-order valence-electron chi connectivity index (χ4n) is 1.97. The van der Waals surface area contributed by atoms with Gasteiger partial charge in [0.2, 0.25) is 0 Å². The Morgan fingerprint density at radius 1 is 1.11 bits per heavy atom. The fourth-order valence-corrected chi connectivity index (χ4v) is 2.72. The van der Waals surface area contributed by atoms with Gasteiger partial charge in [0.1, 0.15) is 11.5 Å². The van der Waals surface area contributed by atoms with Crippen LogP contribution in [0.15, 0.2) is 29.6 Å². The molecule has 1 heterocycles. The van der Waals surface area contributed by atoms with Crippen molar-refractivity contribution in [3.05, 3.63) is 45.6 Å². The predicted octanol–water partition coefficient (Wildman–Crippen LogP) is 3.12. The molecule has 2 rings (SSSR count). The second-order valence-corrected chi connectivity index (χ2v) is 5.14. The fraction of sp³-hybridized carbons (Fsp3) is 0.286. The maximum Gasteiger partial charge on any atom is 0.124 e. The van der Waals surface area contributed by atoms with Gasteiger partial charge in [0, 0.05) is 10.4 Å². The topological polar surface area (TPSA) is 44.5 Å². The van der Waals surface area contributed by atoms with Crippen LogP contribution in [0.4, 0.5) is 0 Å². The zero-order valence-electron chi connectivity index (χ0n) is 10.8. The third-order valence-electron chi connectivity index (χ3n) is 3.01. The summed E-state index contributed by atoms with van der Waals surface area (Å²) in [6.07, 6.45) is 0. The normalized spacial score (nSPS) is 12.2. The molecule has 4 heteroatoms. The summed E-state index contributed by atoms with van der Waals surface area (Å²) in [6.45, 7) is 2.08. The summed E-state index contributed by atoms with van der Waals surface area (Å²) in [6, 6.07) is 7.55. The molecule has 0 fully saturated rings. The maximum atomic E-state index is 6.33. The van der Waals surface area contributed by atoms with Crippen LogP contribution in [0, 0.1) is 6.92 Å². The van der Waals surface area contributed by atoms with E-state index in [4.69, 9.17) is 15.2 Å². The number of rotatable bonds is 4. The van der Waals surface area contributed by atoms with Crippen molar-refractivity contribution in [2.75, 3.05) is 14.2 Å². The van der Waals surface area contributed by atoms with E-state index in [9.17, 15) is 0 Å². The number of aryl methyl sites for hydroxylation is 1. The van der Waals surface area contributed by atoms with E-state index in [1.165, 1.54) is 4.88 Å². The molecule has 2 N–H and O–H groups in total. The van der Waals surface area contributed by atoms with Gasteiger partial charge in [0.15, 0.2) is 0 Å². The molecule has 0 radical (unpaired) electrons. The van der Waals surface area contributed by atoms with Crippen LogP contribution in [0.1, 0.15) is 22.0 Å². The summed E-state index contributed by atoms with van der Waals surface area (Å²) in [7, 11) is 3.30. The first-order valence-electron chi connectivity index (χ1n) is 5.69. The van der Waals surface area contributed by atoms with Crippen LogP contribution in [0.3, 0.4) is 0 Å². The van der Waals surface area contributed by atoms with Gasteiger partial charge in [-0.1, -0.05) is 0 Å². The van der Waals surface area contributed by atoms with Gasteiger partial charge in [-0.05, 0) is 42.1 Å². The first-order valence-corrected chi connectivity index (χ1v) is 6.56. The number of hydrogen-bond donors (Lipinski definition) is 1. The van der Waals surface area contributed by atoms with E-state index in [0.717, 1.165) is 22.6 Å². The van der Waals surface area contributed by atoms with Crippen molar-refractivity contribution < 1.29 is 9.47 Å². The average molecular weight is 263 g/mol. The second kappa shape index (κ2) is 5.42.